The van der Waals surface area contributed by atoms with Gasteiger partial charge in [-0.1, -0.05) is 6.92 Å². The number of methoxy groups -OCH3 is 1. The van der Waals surface area contributed by atoms with Crippen LogP contribution in [0.3, 0.4) is 0 Å². The van der Waals surface area contributed by atoms with E-state index in [2.05, 4.69) is 6.92 Å². The maximum Gasteiger partial charge on any atom is 0.173 e. The molecule has 0 saturated heterocycles. The molecule has 0 aliphatic rings. The third-order valence-electron chi connectivity index (χ3n) is 2.89. The molecule has 3 heteroatoms. The Morgan fingerprint density at radius 3 is 2.75 bits per heavy atom. The largest absolute Gasteiger partial charge is 0.379 e. The third-order valence-corrected chi connectivity index (χ3v) is 3.89. The highest BCUT2D eigenvalue weighted by molar-refractivity contribution is 7.12. The van der Waals surface area contributed by atoms with Crippen molar-refractivity contribution in [3.05, 3.63) is 21.9 Å². The molecule has 2 nitrogen and oxygen atoms in total. The van der Waals surface area contributed by atoms with Gasteiger partial charge in [-0.3, -0.25) is 4.79 Å². The fourth-order valence-corrected chi connectivity index (χ4v) is 2.45. The average Bonchev–Trinajstić information content (AvgIpc) is 2.74. The zero-order valence-corrected chi connectivity index (χ0v) is 11.3. The number of hydrogen-bond acceptors (Lipinski definition) is 3. The van der Waals surface area contributed by atoms with Gasteiger partial charge in [0.2, 0.25) is 0 Å². The Morgan fingerprint density at radius 1 is 1.50 bits per heavy atom. The van der Waals surface area contributed by atoms with Gasteiger partial charge in [0.1, 0.15) is 0 Å². The second kappa shape index (κ2) is 5.60. The van der Waals surface area contributed by atoms with E-state index in [0.717, 1.165) is 17.7 Å². The van der Waals surface area contributed by atoms with Crippen molar-refractivity contribution in [3.8, 4) is 0 Å². The van der Waals surface area contributed by atoms with Gasteiger partial charge in [-0.2, -0.15) is 0 Å². The summed E-state index contributed by atoms with van der Waals surface area (Å²) < 4.78 is 5.31. The topological polar surface area (TPSA) is 26.3 Å². The lowest BCUT2D eigenvalue weighted by Gasteiger charge is -2.22. The molecule has 90 valence electrons. The van der Waals surface area contributed by atoms with Crippen molar-refractivity contribution >= 4 is 17.1 Å². The molecule has 0 aromatic carbocycles. The van der Waals surface area contributed by atoms with Crippen molar-refractivity contribution < 1.29 is 9.53 Å². The van der Waals surface area contributed by atoms with Crippen LogP contribution in [-0.4, -0.2) is 18.5 Å². The first-order valence-corrected chi connectivity index (χ1v) is 6.53. The number of rotatable bonds is 6. The second-order valence-electron chi connectivity index (χ2n) is 4.52. The monoisotopic (exact) mass is 240 g/mol. The Kier molecular flexibility index (Phi) is 4.69. The van der Waals surface area contributed by atoms with Gasteiger partial charge in [-0.25, -0.2) is 0 Å². The molecule has 0 unspecified atom stereocenters. The van der Waals surface area contributed by atoms with Crippen LogP contribution in [0.25, 0.3) is 0 Å². The van der Waals surface area contributed by atoms with Crippen LogP contribution in [0, 0.1) is 0 Å². The van der Waals surface area contributed by atoms with E-state index in [0.29, 0.717) is 6.42 Å². The van der Waals surface area contributed by atoms with Crippen molar-refractivity contribution in [2.24, 2.45) is 0 Å². The lowest BCUT2D eigenvalue weighted by molar-refractivity contribution is 0.0142. The molecule has 16 heavy (non-hydrogen) atoms. The predicted molar refractivity (Wildman–Crippen MR) is 68.3 cm³/mol. The molecule has 0 amide bonds. The van der Waals surface area contributed by atoms with Crippen molar-refractivity contribution in [2.45, 2.75) is 45.6 Å². The molecule has 0 radical (unpaired) electrons. The van der Waals surface area contributed by atoms with E-state index < -0.39 is 0 Å². The van der Waals surface area contributed by atoms with Crippen LogP contribution >= 0.6 is 11.3 Å². The maximum absolute atomic E-state index is 12.0. The Labute approximate surface area is 102 Å². The number of ether oxygens (including phenoxy) is 1. The first-order chi connectivity index (χ1) is 7.50. The predicted octanol–water partition coefficient (Wildman–Crippen LogP) is 3.70. The maximum atomic E-state index is 12.0. The van der Waals surface area contributed by atoms with Gasteiger partial charge in [0.25, 0.3) is 0 Å². The van der Waals surface area contributed by atoms with Crippen molar-refractivity contribution in [3.63, 3.8) is 0 Å². The molecule has 0 atom stereocenters. The molecule has 0 spiro atoms. The quantitative estimate of drug-likeness (QED) is 0.709. The van der Waals surface area contributed by atoms with E-state index >= 15 is 0 Å². The van der Waals surface area contributed by atoms with E-state index in [1.165, 1.54) is 5.56 Å². The number of aryl methyl sites for hydroxylation is 1. The summed E-state index contributed by atoms with van der Waals surface area (Å²) in [5.74, 6) is 0.247. The summed E-state index contributed by atoms with van der Waals surface area (Å²) in [6.45, 7) is 6.10. The molecule has 1 aromatic rings. The first-order valence-electron chi connectivity index (χ1n) is 5.65. The minimum atomic E-state index is -0.209. The summed E-state index contributed by atoms with van der Waals surface area (Å²) in [4.78, 5) is 12.9. The van der Waals surface area contributed by atoms with Crippen LogP contribution in [0.15, 0.2) is 11.4 Å². The van der Waals surface area contributed by atoms with E-state index in [9.17, 15) is 4.79 Å². The number of hydrogen-bond donors (Lipinski definition) is 0. The summed E-state index contributed by atoms with van der Waals surface area (Å²) in [6, 6.07) is 2.04. The highest BCUT2D eigenvalue weighted by Gasteiger charge is 2.20. The minimum Gasteiger partial charge on any atom is -0.379 e. The molecule has 0 bridgehead atoms. The van der Waals surface area contributed by atoms with Crippen molar-refractivity contribution in [1.82, 2.24) is 0 Å². The molecule has 0 aliphatic carbocycles. The van der Waals surface area contributed by atoms with Gasteiger partial charge in [-0.15, -0.1) is 11.3 Å². The van der Waals surface area contributed by atoms with E-state index in [4.69, 9.17) is 4.74 Å². The molecule has 1 heterocycles. The van der Waals surface area contributed by atoms with Crippen LogP contribution in [0.1, 0.15) is 48.8 Å². The fraction of sp³-hybridized carbons (Fsp3) is 0.615. The number of carbonyl (C=O) groups is 1. The van der Waals surface area contributed by atoms with Gasteiger partial charge < -0.3 is 4.74 Å². The molecular formula is C13H20O2S. The molecule has 0 N–H and O–H groups in total. The summed E-state index contributed by atoms with van der Waals surface area (Å²) in [5.41, 5.74) is 0.962. The number of thiophene rings is 1. The standard InChI is InChI=1S/C13H20O2S/c1-5-10-7-9-16-12(10)11(14)6-8-13(2,3)15-4/h7,9H,5-6,8H2,1-4H3. The van der Waals surface area contributed by atoms with Crippen LogP contribution in [0.2, 0.25) is 0 Å². The van der Waals surface area contributed by atoms with Gasteiger partial charge in [0.15, 0.2) is 5.78 Å². The van der Waals surface area contributed by atoms with Crippen LogP contribution in [0.4, 0.5) is 0 Å². The van der Waals surface area contributed by atoms with Gasteiger partial charge in [0, 0.05) is 13.5 Å². The summed E-state index contributed by atoms with van der Waals surface area (Å²) in [7, 11) is 1.69. The van der Waals surface area contributed by atoms with Crippen molar-refractivity contribution in [2.75, 3.05) is 7.11 Å². The normalized spacial score (nSPS) is 11.8. The van der Waals surface area contributed by atoms with Crippen LogP contribution < -0.4 is 0 Å². The lowest BCUT2D eigenvalue weighted by Crippen LogP contribution is -2.23. The highest BCUT2D eigenvalue weighted by Crippen LogP contribution is 2.22. The SMILES string of the molecule is CCc1ccsc1C(=O)CCC(C)(C)OC. The van der Waals surface area contributed by atoms with E-state index in [-0.39, 0.29) is 11.4 Å². The van der Waals surface area contributed by atoms with Gasteiger partial charge >= 0.3 is 0 Å². The van der Waals surface area contributed by atoms with Gasteiger partial charge in [-0.05, 0) is 43.7 Å². The summed E-state index contributed by atoms with van der Waals surface area (Å²) in [6.07, 6.45) is 2.26. The zero-order chi connectivity index (χ0) is 12.2. The summed E-state index contributed by atoms with van der Waals surface area (Å²) >= 11 is 1.55. The van der Waals surface area contributed by atoms with Crippen LogP contribution in [0.5, 0.6) is 0 Å². The Morgan fingerprint density at radius 2 is 2.19 bits per heavy atom. The van der Waals surface area contributed by atoms with Crippen LogP contribution in [-0.2, 0) is 11.2 Å². The molecule has 0 aliphatic heterocycles. The molecule has 0 fully saturated rings. The number of ketones is 1. The molecule has 0 saturated carbocycles. The number of carbonyl (C=O) groups excluding carboxylic acids is 1. The summed E-state index contributed by atoms with van der Waals surface area (Å²) in [5, 5.41) is 1.99. The highest BCUT2D eigenvalue weighted by atomic mass is 32.1. The number of Topliss-reactive ketones (excluding diaryl/α,β-unsaturated/α-hetero) is 1. The first kappa shape index (κ1) is 13.4. The smallest absolute Gasteiger partial charge is 0.173 e. The third kappa shape index (κ3) is 3.42. The van der Waals surface area contributed by atoms with E-state index in [1.54, 1.807) is 18.4 Å². The minimum absolute atomic E-state index is 0.209. The molecule has 1 aromatic heterocycles. The van der Waals surface area contributed by atoms with Gasteiger partial charge in [0.05, 0.1) is 10.5 Å². The fourth-order valence-electron chi connectivity index (χ4n) is 1.49. The Hall–Kier alpha value is -0.670. The zero-order valence-electron chi connectivity index (χ0n) is 10.5. The second-order valence-corrected chi connectivity index (χ2v) is 5.43. The Bertz CT molecular complexity index is 353. The molecular weight excluding hydrogens is 220 g/mol. The molecule has 1 rings (SSSR count). The van der Waals surface area contributed by atoms with Crippen molar-refractivity contribution in [1.29, 1.82) is 0 Å². The van der Waals surface area contributed by atoms with E-state index in [1.807, 2.05) is 25.3 Å². The Balaban J connectivity index is 2.60. The average molecular weight is 240 g/mol. The lowest BCUT2D eigenvalue weighted by atomic mass is 9.99.